The highest BCUT2D eigenvalue weighted by atomic mass is 16.1. The van der Waals surface area contributed by atoms with Crippen molar-refractivity contribution in [2.45, 2.75) is 19.8 Å². The standard InChI is InChI=1S/C15H15NO/c1-12-5-4-6-13(11-12)15(17)9-8-14-7-2-3-10-16-14/h2-7,10-11H,8-9H2,1H3. The molecule has 1 heterocycles. The SMILES string of the molecule is Cc1cccc(C(=O)CCc2ccccn2)c1. The third-order valence-electron chi connectivity index (χ3n) is 2.67. The lowest BCUT2D eigenvalue weighted by Crippen LogP contribution is -2.02. The van der Waals surface area contributed by atoms with Crippen LogP contribution in [0.2, 0.25) is 0 Å². The number of carbonyl (C=O) groups excluding carboxylic acids is 1. The summed E-state index contributed by atoms with van der Waals surface area (Å²) in [6, 6.07) is 13.5. The summed E-state index contributed by atoms with van der Waals surface area (Å²) in [5, 5.41) is 0. The lowest BCUT2D eigenvalue weighted by atomic mass is 10.0. The molecule has 0 aliphatic heterocycles. The van der Waals surface area contributed by atoms with E-state index >= 15 is 0 Å². The van der Waals surface area contributed by atoms with Gasteiger partial charge in [0.15, 0.2) is 5.78 Å². The van der Waals surface area contributed by atoms with Gasteiger partial charge in [0, 0.05) is 23.9 Å². The number of rotatable bonds is 4. The highest BCUT2D eigenvalue weighted by Crippen LogP contribution is 2.09. The summed E-state index contributed by atoms with van der Waals surface area (Å²) < 4.78 is 0. The average Bonchev–Trinajstić information content (AvgIpc) is 2.37. The van der Waals surface area contributed by atoms with Crippen molar-refractivity contribution in [3.63, 3.8) is 0 Å². The Balaban J connectivity index is 1.98. The maximum atomic E-state index is 11.9. The minimum Gasteiger partial charge on any atom is -0.294 e. The van der Waals surface area contributed by atoms with E-state index in [1.807, 2.05) is 49.4 Å². The first-order valence-electron chi connectivity index (χ1n) is 5.75. The first-order chi connectivity index (χ1) is 8.25. The molecular weight excluding hydrogens is 210 g/mol. The van der Waals surface area contributed by atoms with Gasteiger partial charge < -0.3 is 0 Å². The second kappa shape index (κ2) is 5.39. The Morgan fingerprint density at radius 3 is 2.76 bits per heavy atom. The topological polar surface area (TPSA) is 30.0 Å². The van der Waals surface area contributed by atoms with E-state index in [2.05, 4.69) is 4.98 Å². The zero-order valence-electron chi connectivity index (χ0n) is 9.89. The van der Waals surface area contributed by atoms with E-state index in [-0.39, 0.29) is 5.78 Å². The first kappa shape index (κ1) is 11.5. The van der Waals surface area contributed by atoms with Crippen molar-refractivity contribution in [3.8, 4) is 0 Å². The molecular formula is C15H15NO. The normalized spacial score (nSPS) is 10.2. The van der Waals surface area contributed by atoms with Crippen LogP contribution in [0.5, 0.6) is 0 Å². The zero-order valence-corrected chi connectivity index (χ0v) is 9.89. The molecule has 0 fully saturated rings. The van der Waals surface area contributed by atoms with Crippen molar-refractivity contribution in [1.29, 1.82) is 0 Å². The van der Waals surface area contributed by atoms with Crippen molar-refractivity contribution in [2.24, 2.45) is 0 Å². The molecule has 2 rings (SSSR count). The van der Waals surface area contributed by atoms with Gasteiger partial charge in [-0.2, -0.15) is 0 Å². The predicted octanol–water partition coefficient (Wildman–Crippen LogP) is 3.21. The number of nitrogens with zero attached hydrogens (tertiary/aromatic N) is 1. The molecule has 2 nitrogen and oxygen atoms in total. The summed E-state index contributed by atoms with van der Waals surface area (Å²) in [5.74, 6) is 0.180. The summed E-state index contributed by atoms with van der Waals surface area (Å²) in [4.78, 5) is 16.2. The number of hydrogen-bond acceptors (Lipinski definition) is 2. The van der Waals surface area contributed by atoms with Gasteiger partial charge in [0.1, 0.15) is 0 Å². The van der Waals surface area contributed by atoms with Crippen molar-refractivity contribution >= 4 is 5.78 Å². The van der Waals surface area contributed by atoms with E-state index in [4.69, 9.17) is 0 Å². The summed E-state index contributed by atoms with van der Waals surface area (Å²) in [7, 11) is 0. The molecule has 0 N–H and O–H groups in total. The number of Topliss-reactive ketones (excluding diaryl/α,β-unsaturated/α-hetero) is 1. The summed E-state index contributed by atoms with van der Waals surface area (Å²) in [6.45, 7) is 2.00. The van der Waals surface area contributed by atoms with Crippen LogP contribution >= 0.6 is 0 Å². The van der Waals surface area contributed by atoms with Crippen LogP contribution in [0.3, 0.4) is 0 Å². The Bertz CT molecular complexity index is 505. The third-order valence-corrected chi connectivity index (χ3v) is 2.67. The Labute approximate surface area is 101 Å². The van der Waals surface area contributed by atoms with Gasteiger partial charge in [-0.3, -0.25) is 9.78 Å². The Hall–Kier alpha value is -1.96. The second-order valence-corrected chi connectivity index (χ2v) is 4.11. The molecule has 0 saturated carbocycles. The van der Waals surface area contributed by atoms with Crippen LogP contribution in [0.25, 0.3) is 0 Å². The van der Waals surface area contributed by atoms with Gasteiger partial charge >= 0.3 is 0 Å². The third kappa shape index (κ3) is 3.25. The van der Waals surface area contributed by atoms with E-state index in [0.29, 0.717) is 12.8 Å². The Kier molecular flexibility index (Phi) is 3.66. The van der Waals surface area contributed by atoms with Crippen molar-refractivity contribution in [2.75, 3.05) is 0 Å². The van der Waals surface area contributed by atoms with Gasteiger partial charge in [-0.25, -0.2) is 0 Å². The molecule has 17 heavy (non-hydrogen) atoms. The lowest BCUT2D eigenvalue weighted by molar-refractivity contribution is 0.0982. The van der Waals surface area contributed by atoms with E-state index in [1.165, 1.54) is 0 Å². The number of carbonyl (C=O) groups is 1. The number of pyridine rings is 1. The van der Waals surface area contributed by atoms with Crippen LogP contribution in [-0.4, -0.2) is 10.8 Å². The molecule has 0 unspecified atom stereocenters. The molecule has 86 valence electrons. The van der Waals surface area contributed by atoms with Crippen LogP contribution in [0.1, 0.15) is 28.0 Å². The van der Waals surface area contributed by atoms with Gasteiger partial charge in [-0.1, -0.05) is 29.8 Å². The monoisotopic (exact) mass is 225 g/mol. The van der Waals surface area contributed by atoms with Crippen LogP contribution in [0.15, 0.2) is 48.7 Å². The molecule has 0 aliphatic rings. The Morgan fingerprint density at radius 1 is 1.18 bits per heavy atom. The second-order valence-electron chi connectivity index (χ2n) is 4.11. The quantitative estimate of drug-likeness (QED) is 0.748. The number of aryl methyl sites for hydroxylation is 2. The lowest BCUT2D eigenvalue weighted by Gasteiger charge is -2.02. The van der Waals surface area contributed by atoms with E-state index in [9.17, 15) is 4.79 Å². The fraction of sp³-hybridized carbons (Fsp3) is 0.200. The molecule has 0 saturated heterocycles. The fourth-order valence-corrected chi connectivity index (χ4v) is 1.75. The number of aromatic nitrogens is 1. The van der Waals surface area contributed by atoms with E-state index < -0.39 is 0 Å². The summed E-state index contributed by atoms with van der Waals surface area (Å²) >= 11 is 0. The largest absolute Gasteiger partial charge is 0.294 e. The highest BCUT2D eigenvalue weighted by molar-refractivity contribution is 5.96. The maximum absolute atomic E-state index is 11.9. The van der Waals surface area contributed by atoms with Gasteiger partial charge in [0.2, 0.25) is 0 Å². The molecule has 1 aromatic carbocycles. The molecule has 2 aromatic rings. The number of benzene rings is 1. The molecule has 2 heteroatoms. The summed E-state index contributed by atoms with van der Waals surface area (Å²) in [6.07, 6.45) is 2.97. The zero-order chi connectivity index (χ0) is 12.1. The predicted molar refractivity (Wildman–Crippen MR) is 68.1 cm³/mol. The molecule has 1 aromatic heterocycles. The minimum absolute atomic E-state index is 0.180. The maximum Gasteiger partial charge on any atom is 0.163 e. The Morgan fingerprint density at radius 2 is 2.06 bits per heavy atom. The number of ketones is 1. The van der Waals surface area contributed by atoms with Gasteiger partial charge in [0.05, 0.1) is 0 Å². The average molecular weight is 225 g/mol. The van der Waals surface area contributed by atoms with E-state index in [1.54, 1.807) is 6.20 Å². The number of hydrogen-bond donors (Lipinski definition) is 0. The molecule has 0 aliphatic carbocycles. The van der Waals surface area contributed by atoms with Gasteiger partial charge in [-0.15, -0.1) is 0 Å². The smallest absolute Gasteiger partial charge is 0.163 e. The minimum atomic E-state index is 0.180. The van der Waals surface area contributed by atoms with E-state index in [0.717, 1.165) is 16.8 Å². The molecule has 0 bridgehead atoms. The molecule has 0 amide bonds. The van der Waals surface area contributed by atoms with Crippen molar-refractivity contribution in [1.82, 2.24) is 4.98 Å². The fourth-order valence-electron chi connectivity index (χ4n) is 1.75. The van der Waals surface area contributed by atoms with Crippen LogP contribution in [0.4, 0.5) is 0 Å². The van der Waals surface area contributed by atoms with Crippen molar-refractivity contribution in [3.05, 3.63) is 65.5 Å². The molecule has 0 atom stereocenters. The first-order valence-corrected chi connectivity index (χ1v) is 5.75. The summed E-state index contributed by atoms with van der Waals surface area (Å²) in [5.41, 5.74) is 2.88. The highest BCUT2D eigenvalue weighted by Gasteiger charge is 2.06. The van der Waals surface area contributed by atoms with Gasteiger partial charge in [0.25, 0.3) is 0 Å². The van der Waals surface area contributed by atoms with Crippen LogP contribution < -0.4 is 0 Å². The van der Waals surface area contributed by atoms with Crippen molar-refractivity contribution < 1.29 is 4.79 Å². The molecule has 0 spiro atoms. The molecule has 0 radical (unpaired) electrons. The van der Waals surface area contributed by atoms with Gasteiger partial charge in [-0.05, 0) is 31.5 Å². The van der Waals surface area contributed by atoms with Crippen LogP contribution in [-0.2, 0) is 6.42 Å². The van der Waals surface area contributed by atoms with Crippen LogP contribution in [0, 0.1) is 6.92 Å².